The van der Waals surface area contributed by atoms with E-state index in [9.17, 15) is 4.79 Å². The Morgan fingerprint density at radius 2 is 1.70 bits per heavy atom. The van der Waals surface area contributed by atoms with E-state index in [0.717, 1.165) is 77.3 Å². The standard InChI is InChI=1S/C32H31N3O2/c36-32-28(29(21-33-32)26-4-2-1-3-5-26)19-25-10-12-27-30(34-35-31(27)20-25)13-11-22-6-8-23(9-7-22)18-24-14-16-37-17-15-24/h1-13,19-20,24,29H,14-18,21H2,(H,33,36)(H,34,35)/b13-11+,28-19+. The number of aromatic nitrogens is 2. The van der Waals surface area contributed by atoms with Crippen molar-refractivity contribution in [2.45, 2.75) is 25.2 Å². The molecule has 1 amide bonds. The lowest BCUT2D eigenvalue weighted by Crippen LogP contribution is -2.17. The van der Waals surface area contributed by atoms with E-state index < -0.39 is 0 Å². The Morgan fingerprint density at radius 1 is 0.919 bits per heavy atom. The number of ether oxygens (including phenoxy) is 1. The Labute approximate surface area is 217 Å². The van der Waals surface area contributed by atoms with Gasteiger partial charge in [0.1, 0.15) is 0 Å². The summed E-state index contributed by atoms with van der Waals surface area (Å²) in [5.74, 6) is 0.798. The average Bonchev–Trinajstić information content (AvgIpc) is 3.52. The number of amides is 1. The monoisotopic (exact) mass is 489 g/mol. The fraction of sp³-hybridized carbons (Fsp3) is 0.250. The van der Waals surface area contributed by atoms with Crippen LogP contribution < -0.4 is 5.32 Å². The molecule has 0 spiro atoms. The molecule has 0 bridgehead atoms. The zero-order chi connectivity index (χ0) is 25.0. The second kappa shape index (κ2) is 10.6. The van der Waals surface area contributed by atoms with Crippen LogP contribution in [0, 0.1) is 5.92 Å². The van der Waals surface area contributed by atoms with Crippen molar-refractivity contribution in [3.8, 4) is 0 Å². The number of hydrogen-bond donors (Lipinski definition) is 2. The van der Waals surface area contributed by atoms with Crippen molar-refractivity contribution in [1.29, 1.82) is 0 Å². The van der Waals surface area contributed by atoms with Gasteiger partial charge in [0.2, 0.25) is 5.91 Å². The van der Waals surface area contributed by atoms with Gasteiger partial charge in [-0.1, -0.05) is 66.7 Å². The minimum Gasteiger partial charge on any atom is -0.381 e. The maximum Gasteiger partial charge on any atom is 0.247 e. The molecule has 0 aliphatic carbocycles. The van der Waals surface area contributed by atoms with Crippen LogP contribution in [0.15, 0.2) is 78.4 Å². The third-order valence-corrected chi connectivity index (χ3v) is 7.52. The molecule has 2 N–H and O–H groups in total. The molecule has 5 heteroatoms. The summed E-state index contributed by atoms with van der Waals surface area (Å²) in [6, 6.07) is 25.2. The van der Waals surface area contributed by atoms with E-state index in [-0.39, 0.29) is 11.8 Å². The quantitative estimate of drug-likeness (QED) is 0.327. The topological polar surface area (TPSA) is 67.0 Å². The molecule has 1 aromatic heterocycles. The summed E-state index contributed by atoms with van der Waals surface area (Å²) in [4.78, 5) is 12.6. The minimum absolute atomic E-state index is 0.000888. The van der Waals surface area contributed by atoms with Crippen LogP contribution in [-0.4, -0.2) is 35.9 Å². The molecule has 0 radical (unpaired) electrons. The number of nitrogens with zero attached hydrogens (tertiary/aromatic N) is 1. The van der Waals surface area contributed by atoms with Gasteiger partial charge >= 0.3 is 0 Å². The number of nitrogens with one attached hydrogen (secondary N) is 2. The smallest absolute Gasteiger partial charge is 0.247 e. The summed E-state index contributed by atoms with van der Waals surface area (Å²) in [6.07, 6.45) is 9.61. The number of H-pyrrole nitrogens is 1. The molecule has 2 aliphatic rings. The SMILES string of the molecule is O=C1NCC(c2ccccc2)/C1=C\c1ccc2c(/C=C/c3ccc(CC4CCOCC4)cc3)n[nH]c2c1. The molecule has 1 atom stereocenters. The van der Waals surface area contributed by atoms with Gasteiger partial charge in [-0.2, -0.15) is 5.10 Å². The number of aromatic amines is 1. The highest BCUT2D eigenvalue weighted by molar-refractivity contribution is 6.02. The van der Waals surface area contributed by atoms with E-state index in [1.807, 2.05) is 24.3 Å². The van der Waals surface area contributed by atoms with Crippen molar-refractivity contribution in [1.82, 2.24) is 15.5 Å². The highest BCUT2D eigenvalue weighted by atomic mass is 16.5. The maximum atomic E-state index is 12.6. The van der Waals surface area contributed by atoms with E-state index in [1.165, 1.54) is 5.56 Å². The van der Waals surface area contributed by atoms with Crippen LogP contribution in [-0.2, 0) is 16.0 Å². The molecule has 5 nitrogen and oxygen atoms in total. The summed E-state index contributed by atoms with van der Waals surface area (Å²) in [5.41, 5.74) is 7.34. The molecule has 2 saturated heterocycles. The van der Waals surface area contributed by atoms with Crippen molar-refractivity contribution in [3.63, 3.8) is 0 Å². The van der Waals surface area contributed by atoms with Gasteiger partial charge in [0, 0.05) is 36.6 Å². The first-order valence-corrected chi connectivity index (χ1v) is 13.1. The molecule has 2 aliphatic heterocycles. The highest BCUT2D eigenvalue weighted by Gasteiger charge is 2.29. The summed E-state index contributed by atoms with van der Waals surface area (Å²) >= 11 is 0. The lowest BCUT2D eigenvalue weighted by atomic mass is 9.92. The minimum atomic E-state index is 0.000888. The van der Waals surface area contributed by atoms with E-state index in [1.54, 1.807) is 0 Å². The third-order valence-electron chi connectivity index (χ3n) is 7.52. The Bertz CT molecular complexity index is 1440. The summed E-state index contributed by atoms with van der Waals surface area (Å²) in [6.45, 7) is 2.42. The second-order valence-electron chi connectivity index (χ2n) is 10.0. The first kappa shape index (κ1) is 23.4. The number of benzene rings is 3. The number of carbonyl (C=O) groups is 1. The number of rotatable bonds is 6. The summed E-state index contributed by atoms with van der Waals surface area (Å²) in [7, 11) is 0. The Balaban J connectivity index is 1.17. The van der Waals surface area contributed by atoms with E-state index >= 15 is 0 Å². The van der Waals surface area contributed by atoms with Gasteiger partial charge in [-0.15, -0.1) is 0 Å². The van der Waals surface area contributed by atoms with Crippen LogP contribution in [0.3, 0.4) is 0 Å². The first-order valence-electron chi connectivity index (χ1n) is 13.1. The fourth-order valence-corrected chi connectivity index (χ4v) is 5.39. The highest BCUT2D eigenvalue weighted by Crippen LogP contribution is 2.31. The van der Waals surface area contributed by atoms with Gasteiger partial charge in [0.15, 0.2) is 0 Å². The van der Waals surface area contributed by atoms with Crippen molar-refractivity contribution < 1.29 is 9.53 Å². The van der Waals surface area contributed by atoms with Gasteiger partial charge in [0.05, 0.1) is 11.2 Å². The van der Waals surface area contributed by atoms with Crippen LogP contribution in [0.25, 0.3) is 29.1 Å². The van der Waals surface area contributed by atoms with Crippen LogP contribution in [0.1, 0.15) is 46.7 Å². The number of fused-ring (bicyclic) bond motifs is 1. The molecule has 6 rings (SSSR count). The van der Waals surface area contributed by atoms with Gasteiger partial charge in [-0.25, -0.2) is 0 Å². The Kier molecular flexibility index (Phi) is 6.70. The van der Waals surface area contributed by atoms with Crippen LogP contribution in [0.5, 0.6) is 0 Å². The van der Waals surface area contributed by atoms with Gasteiger partial charge < -0.3 is 10.1 Å². The van der Waals surface area contributed by atoms with Crippen molar-refractivity contribution >= 4 is 35.0 Å². The summed E-state index contributed by atoms with van der Waals surface area (Å²) in [5, 5.41) is 11.7. The molecular weight excluding hydrogens is 458 g/mol. The molecular formula is C32H31N3O2. The van der Waals surface area contributed by atoms with Gasteiger partial charge in [0.25, 0.3) is 0 Å². The Hall–Kier alpha value is -3.96. The molecule has 37 heavy (non-hydrogen) atoms. The second-order valence-corrected chi connectivity index (χ2v) is 10.0. The lowest BCUT2D eigenvalue weighted by Gasteiger charge is -2.21. The van der Waals surface area contributed by atoms with E-state index in [0.29, 0.717) is 6.54 Å². The van der Waals surface area contributed by atoms with Gasteiger partial charge in [-0.05, 0) is 71.7 Å². The first-order chi connectivity index (χ1) is 18.2. The van der Waals surface area contributed by atoms with Crippen LogP contribution in [0.2, 0.25) is 0 Å². The molecule has 186 valence electrons. The molecule has 2 fully saturated rings. The average molecular weight is 490 g/mol. The molecule has 4 aromatic rings. The van der Waals surface area contributed by atoms with E-state index in [4.69, 9.17) is 4.74 Å². The predicted molar refractivity (Wildman–Crippen MR) is 149 cm³/mol. The molecule has 1 unspecified atom stereocenters. The zero-order valence-electron chi connectivity index (χ0n) is 20.8. The molecule has 0 saturated carbocycles. The maximum absolute atomic E-state index is 12.6. The fourth-order valence-electron chi connectivity index (χ4n) is 5.39. The number of carbonyl (C=O) groups excluding carboxylic acids is 1. The van der Waals surface area contributed by atoms with E-state index in [2.05, 4.69) is 82.3 Å². The van der Waals surface area contributed by atoms with Crippen molar-refractivity contribution in [3.05, 3.63) is 106 Å². The predicted octanol–water partition coefficient (Wildman–Crippen LogP) is 6.00. The zero-order valence-corrected chi connectivity index (χ0v) is 20.8. The molecule has 3 aromatic carbocycles. The lowest BCUT2D eigenvalue weighted by molar-refractivity contribution is -0.116. The number of hydrogen-bond acceptors (Lipinski definition) is 3. The summed E-state index contributed by atoms with van der Waals surface area (Å²) < 4.78 is 5.48. The van der Waals surface area contributed by atoms with Gasteiger partial charge in [-0.3, -0.25) is 9.89 Å². The van der Waals surface area contributed by atoms with Crippen molar-refractivity contribution in [2.75, 3.05) is 19.8 Å². The third kappa shape index (κ3) is 5.27. The van der Waals surface area contributed by atoms with Crippen LogP contribution in [0.4, 0.5) is 0 Å². The van der Waals surface area contributed by atoms with Crippen LogP contribution >= 0.6 is 0 Å². The molecule has 3 heterocycles. The Morgan fingerprint density at radius 3 is 2.51 bits per heavy atom. The normalized spacial score (nSPS) is 19.7. The largest absolute Gasteiger partial charge is 0.381 e. The van der Waals surface area contributed by atoms with Crippen molar-refractivity contribution in [2.24, 2.45) is 5.92 Å².